The molecule has 0 atom stereocenters. The highest BCUT2D eigenvalue weighted by Crippen LogP contribution is 2.27. The molecule has 1 amide bonds. The van der Waals surface area contributed by atoms with E-state index in [1.807, 2.05) is 0 Å². The molecule has 0 saturated carbocycles. The number of halogens is 1. The number of ether oxygens (including phenoxy) is 1. The lowest BCUT2D eigenvalue weighted by Gasteiger charge is -2.22. The largest absolute Gasteiger partial charge is 0.466 e. The molecule has 10 heteroatoms. The minimum Gasteiger partial charge on any atom is -0.466 e. The number of nitrogen functional groups attached to an aromatic ring is 1. The quantitative estimate of drug-likeness (QED) is 0.519. The van der Waals surface area contributed by atoms with Crippen molar-refractivity contribution in [3.8, 4) is 0 Å². The van der Waals surface area contributed by atoms with Crippen LogP contribution in [0.3, 0.4) is 0 Å². The number of amides is 1. The smallest absolute Gasteiger partial charge is 0.302 e. The van der Waals surface area contributed by atoms with Crippen molar-refractivity contribution in [3.63, 3.8) is 0 Å². The molecule has 1 heterocycles. The Morgan fingerprint density at radius 3 is 2.50 bits per heavy atom. The van der Waals surface area contributed by atoms with Gasteiger partial charge in [0.1, 0.15) is 11.6 Å². The van der Waals surface area contributed by atoms with Gasteiger partial charge in [-0.05, 0) is 13.8 Å². The second kappa shape index (κ2) is 11.5. The number of nitrogens with zero attached hydrogens (tertiary/aromatic N) is 3. The lowest BCUT2D eigenvalue weighted by molar-refractivity contribution is -0.140. The van der Waals surface area contributed by atoms with Crippen molar-refractivity contribution in [2.75, 3.05) is 12.3 Å². The maximum absolute atomic E-state index is 11.5. The summed E-state index contributed by atoms with van der Waals surface area (Å²) < 4.78 is 4.92. The number of aryl methyl sites for hydroxylation is 1. The van der Waals surface area contributed by atoms with E-state index in [1.54, 1.807) is 20.0 Å². The summed E-state index contributed by atoms with van der Waals surface area (Å²) in [7, 11) is 0. The summed E-state index contributed by atoms with van der Waals surface area (Å²) >= 11 is 1.01. The van der Waals surface area contributed by atoms with Gasteiger partial charge in [-0.25, -0.2) is 9.97 Å². The third-order valence-corrected chi connectivity index (χ3v) is 4.26. The van der Waals surface area contributed by atoms with Crippen LogP contribution in [0.2, 0.25) is 0 Å². The minimum absolute atomic E-state index is 0. The number of nitrogens with two attached hydrogens (primary N) is 1. The van der Waals surface area contributed by atoms with Crippen LogP contribution in [0.1, 0.15) is 38.6 Å². The first-order valence-corrected chi connectivity index (χ1v) is 8.37. The zero-order chi connectivity index (χ0) is 19.0. The molecule has 1 aromatic rings. The molecule has 0 unspecified atom stereocenters. The van der Waals surface area contributed by atoms with Crippen LogP contribution in [0.5, 0.6) is 0 Å². The molecule has 0 radical (unpaired) electrons. The van der Waals surface area contributed by atoms with Crippen LogP contribution < -0.4 is 5.73 Å². The van der Waals surface area contributed by atoms with Crippen LogP contribution in [0.15, 0.2) is 16.8 Å². The monoisotopic (exact) mass is 402 g/mol. The molecule has 0 aromatic carbocycles. The van der Waals surface area contributed by atoms with E-state index in [-0.39, 0.29) is 30.7 Å². The Morgan fingerprint density at radius 1 is 1.35 bits per heavy atom. The van der Waals surface area contributed by atoms with Crippen LogP contribution in [0.25, 0.3) is 0 Å². The van der Waals surface area contributed by atoms with E-state index in [4.69, 9.17) is 10.5 Å². The van der Waals surface area contributed by atoms with Gasteiger partial charge in [0, 0.05) is 42.6 Å². The summed E-state index contributed by atoms with van der Waals surface area (Å²) in [6.07, 6.45) is 2.55. The maximum atomic E-state index is 11.5. The number of aromatic nitrogens is 2. The van der Waals surface area contributed by atoms with Crippen molar-refractivity contribution < 1.29 is 19.1 Å². The average molecular weight is 403 g/mol. The molecule has 0 spiro atoms. The lowest BCUT2D eigenvalue weighted by atomic mass is 10.2. The first kappa shape index (κ1) is 23.9. The fourth-order valence-electron chi connectivity index (χ4n) is 1.98. The molecular weight excluding hydrogens is 380 g/mol. The highest BCUT2D eigenvalue weighted by molar-refractivity contribution is 8.16. The van der Waals surface area contributed by atoms with E-state index >= 15 is 0 Å². The molecule has 8 nitrogen and oxygen atoms in total. The second-order valence-corrected chi connectivity index (χ2v) is 6.53. The number of rotatable bonds is 8. The molecule has 1 rings (SSSR count). The maximum Gasteiger partial charge on any atom is 0.302 e. The number of carbonyl (C=O) groups is 3. The normalized spacial score (nSPS) is 11.1. The van der Waals surface area contributed by atoms with Gasteiger partial charge in [-0.2, -0.15) is 0 Å². The van der Waals surface area contributed by atoms with Gasteiger partial charge in [0.05, 0.1) is 13.2 Å². The standard InChI is InChI=1S/C16H22N4O4S.ClH/c1-10(15(25-13(4)23)5-6-24-12(3)22)20(9-21)8-14-7-18-11(2)19-16(14)17;/h7,9H,5-6,8H2,1-4H3,(H2,17,18,19);1H/b15-10+;. The Hall–Kier alpha value is -2.13. The van der Waals surface area contributed by atoms with Crippen LogP contribution in [-0.4, -0.2) is 39.0 Å². The van der Waals surface area contributed by atoms with Gasteiger partial charge in [-0.15, -0.1) is 12.4 Å². The zero-order valence-corrected chi connectivity index (χ0v) is 16.8. The van der Waals surface area contributed by atoms with E-state index in [9.17, 15) is 14.4 Å². The number of allylic oxidation sites excluding steroid dienone is 1. The predicted octanol–water partition coefficient (Wildman–Crippen LogP) is 2.21. The molecule has 26 heavy (non-hydrogen) atoms. The van der Waals surface area contributed by atoms with Crippen molar-refractivity contribution in [2.24, 2.45) is 0 Å². The summed E-state index contributed by atoms with van der Waals surface area (Å²) in [6, 6.07) is 0. The summed E-state index contributed by atoms with van der Waals surface area (Å²) in [5.41, 5.74) is 7.05. The first-order chi connectivity index (χ1) is 11.7. The number of hydrogen-bond donors (Lipinski definition) is 1. The fourth-order valence-corrected chi connectivity index (χ4v) is 2.78. The minimum atomic E-state index is -0.401. The number of carbonyl (C=O) groups excluding carboxylic acids is 3. The topological polar surface area (TPSA) is 115 Å². The van der Waals surface area contributed by atoms with E-state index in [2.05, 4.69) is 9.97 Å². The Balaban J connectivity index is 0.00000625. The highest BCUT2D eigenvalue weighted by atomic mass is 35.5. The Kier molecular flexibility index (Phi) is 10.5. The fraction of sp³-hybridized carbons (Fsp3) is 0.438. The van der Waals surface area contributed by atoms with Gasteiger partial charge in [-0.1, -0.05) is 11.8 Å². The average Bonchev–Trinajstić information content (AvgIpc) is 2.52. The van der Waals surface area contributed by atoms with Crippen molar-refractivity contribution >= 4 is 47.5 Å². The molecule has 0 bridgehead atoms. The summed E-state index contributed by atoms with van der Waals surface area (Å²) in [4.78, 5) is 44.2. The molecular formula is C16H23ClN4O4S. The third-order valence-electron chi connectivity index (χ3n) is 3.22. The Morgan fingerprint density at radius 2 is 2.00 bits per heavy atom. The summed E-state index contributed by atoms with van der Waals surface area (Å²) in [5, 5.41) is -0.124. The van der Waals surface area contributed by atoms with Crippen LogP contribution in [-0.2, 0) is 25.7 Å². The molecule has 1 aromatic heterocycles. The number of anilines is 1. The first-order valence-electron chi connectivity index (χ1n) is 7.56. The van der Waals surface area contributed by atoms with Gasteiger partial charge >= 0.3 is 5.97 Å². The second-order valence-electron chi connectivity index (χ2n) is 5.25. The number of thioether (sulfide) groups is 1. The zero-order valence-electron chi connectivity index (χ0n) is 15.1. The molecule has 0 aliphatic rings. The molecule has 0 saturated heterocycles. The van der Waals surface area contributed by atoms with E-state index in [0.717, 1.165) is 11.8 Å². The summed E-state index contributed by atoms with van der Waals surface area (Å²) in [5.74, 6) is 0.440. The van der Waals surface area contributed by atoms with Crippen molar-refractivity contribution in [1.29, 1.82) is 0 Å². The van der Waals surface area contributed by atoms with Gasteiger partial charge in [0.15, 0.2) is 5.12 Å². The predicted molar refractivity (Wildman–Crippen MR) is 102 cm³/mol. The van der Waals surface area contributed by atoms with Gasteiger partial charge in [-0.3, -0.25) is 14.4 Å². The van der Waals surface area contributed by atoms with Crippen LogP contribution >= 0.6 is 24.2 Å². The van der Waals surface area contributed by atoms with Gasteiger partial charge < -0.3 is 15.4 Å². The SMILES string of the molecule is CC(=O)OCC/C(SC(C)=O)=C(/C)N(C=O)Cc1cnc(C)nc1N.Cl. The van der Waals surface area contributed by atoms with Crippen molar-refractivity contribution in [2.45, 2.75) is 40.7 Å². The summed E-state index contributed by atoms with van der Waals surface area (Å²) in [6.45, 7) is 6.49. The van der Waals surface area contributed by atoms with Crippen LogP contribution in [0, 0.1) is 6.92 Å². The third kappa shape index (κ3) is 7.83. The highest BCUT2D eigenvalue weighted by Gasteiger charge is 2.15. The number of hydrogen-bond acceptors (Lipinski definition) is 8. The van der Waals surface area contributed by atoms with Gasteiger partial charge in [0.2, 0.25) is 6.41 Å². The van der Waals surface area contributed by atoms with E-state index < -0.39 is 5.97 Å². The van der Waals surface area contributed by atoms with E-state index in [0.29, 0.717) is 40.6 Å². The Labute approximate surface area is 163 Å². The van der Waals surface area contributed by atoms with Crippen molar-refractivity contribution in [3.05, 3.63) is 28.2 Å². The van der Waals surface area contributed by atoms with E-state index in [1.165, 1.54) is 18.7 Å². The molecule has 2 N–H and O–H groups in total. The lowest BCUT2D eigenvalue weighted by Crippen LogP contribution is -2.22. The Bertz CT molecular complexity index is 697. The molecule has 0 aliphatic carbocycles. The van der Waals surface area contributed by atoms with Gasteiger partial charge in [0.25, 0.3) is 0 Å². The van der Waals surface area contributed by atoms with Crippen molar-refractivity contribution in [1.82, 2.24) is 14.9 Å². The molecule has 144 valence electrons. The molecule has 0 fully saturated rings. The van der Waals surface area contributed by atoms with Crippen LogP contribution in [0.4, 0.5) is 5.82 Å². The number of esters is 1. The molecule has 0 aliphatic heterocycles.